The van der Waals surface area contributed by atoms with Crippen LogP contribution in [0.5, 0.6) is 17.2 Å². The molecular formula is C19H20BrNO3. The van der Waals surface area contributed by atoms with Gasteiger partial charge in [0.2, 0.25) is 0 Å². The lowest BCUT2D eigenvalue weighted by Gasteiger charge is -2.27. The van der Waals surface area contributed by atoms with Crippen molar-refractivity contribution in [1.82, 2.24) is 5.32 Å². The molecule has 5 heteroatoms. The van der Waals surface area contributed by atoms with Gasteiger partial charge in [-0.25, -0.2) is 0 Å². The maximum absolute atomic E-state index is 5.82. The summed E-state index contributed by atoms with van der Waals surface area (Å²) >= 11 is 3.61. The molecule has 0 aromatic heterocycles. The van der Waals surface area contributed by atoms with Crippen LogP contribution in [0, 0.1) is 0 Å². The largest absolute Gasteiger partial charge is 0.493 e. The molecule has 2 aromatic carbocycles. The maximum atomic E-state index is 5.82. The highest BCUT2D eigenvalue weighted by atomic mass is 79.9. The first-order valence-corrected chi connectivity index (χ1v) is 9.14. The predicted molar refractivity (Wildman–Crippen MR) is 95.9 cm³/mol. The van der Waals surface area contributed by atoms with Crippen molar-refractivity contribution in [2.24, 2.45) is 0 Å². The summed E-state index contributed by atoms with van der Waals surface area (Å²) in [6.45, 7) is 2.92. The summed E-state index contributed by atoms with van der Waals surface area (Å²) in [6, 6.07) is 12.7. The Hall–Kier alpha value is -1.72. The number of para-hydroxylation sites is 1. The Morgan fingerprint density at radius 1 is 1.00 bits per heavy atom. The van der Waals surface area contributed by atoms with E-state index in [0.717, 1.165) is 47.7 Å². The predicted octanol–water partition coefficient (Wildman–Crippen LogP) is 4.22. The fourth-order valence-corrected chi connectivity index (χ4v) is 3.79. The summed E-state index contributed by atoms with van der Waals surface area (Å²) in [5.41, 5.74) is 2.41. The van der Waals surface area contributed by atoms with Gasteiger partial charge < -0.3 is 19.5 Å². The van der Waals surface area contributed by atoms with Crippen molar-refractivity contribution < 1.29 is 14.2 Å². The first-order valence-electron chi connectivity index (χ1n) is 8.34. The molecule has 0 amide bonds. The number of hydrogen-bond acceptors (Lipinski definition) is 4. The molecule has 24 heavy (non-hydrogen) atoms. The zero-order valence-electron chi connectivity index (χ0n) is 13.4. The highest BCUT2D eigenvalue weighted by Gasteiger charge is 2.21. The molecule has 126 valence electrons. The van der Waals surface area contributed by atoms with E-state index in [2.05, 4.69) is 45.5 Å². The van der Waals surface area contributed by atoms with E-state index in [4.69, 9.17) is 14.2 Å². The minimum Gasteiger partial charge on any atom is -0.493 e. The smallest absolute Gasteiger partial charge is 0.175 e. The minimum absolute atomic E-state index is 0.310. The molecule has 4 nitrogen and oxygen atoms in total. The van der Waals surface area contributed by atoms with Crippen LogP contribution >= 0.6 is 15.9 Å². The molecule has 2 heterocycles. The summed E-state index contributed by atoms with van der Waals surface area (Å²) in [7, 11) is 0. The van der Waals surface area contributed by atoms with Gasteiger partial charge in [0.05, 0.1) is 24.3 Å². The van der Waals surface area contributed by atoms with Crippen molar-refractivity contribution >= 4 is 15.9 Å². The molecule has 2 aromatic rings. The van der Waals surface area contributed by atoms with E-state index in [1.165, 1.54) is 11.1 Å². The second-order valence-corrected chi connectivity index (χ2v) is 6.92. The molecular weight excluding hydrogens is 370 g/mol. The zero-order chi connectivity index (χ0) is 16.4. The molecule has 1 N–H and O–H groups in total. The van der Waals surface area contributed by atoms with Gasteiger partial charge in [0.25, 0.3) is 0 Å². The third-order valence-electron chi connectivity index (χ3n) is 4.37. The van der Waals surface area contributed by atoms with Crippen LogP contribution in [-0.4, -0.2) is 19.8 Å². The number of ether oxygens (including phenoxy) is 3. The van der Waals surface area contributed by atoms with Gasteiger partial charge in [-0.05, 0) is 39.7 Å². The molecule has 1 atom stereocenters. The van der Waals surface area contributed by atoms with E-state index >= 15 is 0 Å². The average molecular weight is 390 g/mol. The van der Waals surface area contributed by atoms with Crippen molar-refractivity contribution in [3.63, 3.8) is 0 Å². The summed E-state index contributed by atoms with van der Waals surface area (Å²) in [5.74, 6) is 2.62. The van der Waals surface area contributed by atoms with E-state index in [1.807, 2.05) is 12.1 Å². The lowest BCUT2D eigenvalue weighted by molar-refractivity contribution is 0.252. The van der Waals surface area contributed by atoms with E-state index < -0.39 is 0 Å². The van der Waals surface area contributed by atoms with Crippen LogP contribution in [0.25, 0.3) is 0 Å². The lowest BCUT2D eigenvalue weighted by Crippen LogP contribution is -2.26. The highest BCUT2D eigenvalue weighted by Crippen LogP contribution is 2.38. The summed E-state index contributed by atoms with van der Waals surface area (Å²) < 4.78 is 18.3. The molecule has 0 radical (unpaired) electrons. The molecule has 0 fully saturated rings. The first-order chi connectivity index (χ1) is 11.8. The topological polar surface area (TPSA) is 39.7 Å². The van der Waals surface area contributed by atoms with Crippen LogP contribution in [0.15, 0.2) is 40.9 Å². The molecule has 0 bridgehead atoms. The Balaban J connectivity index is 1.51. The quantitative estimate of drug-likeness (QED) is 0.852. The second-order valence-electron chi connectivity index (χ2n) is 6.06. The van der Waals surface area contributed by atoms with Gasteiger partial charge in [-0.3, -0.25) is 0 Å². The van der Waals surface area contributed by atoms with Crippen LogP contribution < -0.4 is 19.5 Å². The van der Waals surface area contributed by atoms with Crippen LogP contribution in [-0.2, 0) is 6.54 Å². The van der Waals surface area contributed by atoms with Gasteiger partial charge >= 0.3 is 0 Å². The van der Waals surface area contributed by atoms with Crippen molar-refractivity contribution in [3.05, 3.63) is 52.0 Å². The molecule has 0 aliphatic carbocycles. The van der Waals surface area contributed by atoms with E-state index in [-0.39, 0.29) is 0 Å². The molecule has 1 unspecified atom stereocenters. The van der Waals surface area contributed by atoms with Gasteiger partial charge in [0, 0.05) is 31.0 Å². The Morgan fingerprint density at radius 3 is 2.79 bits per heavy atom. The lowest BCUT2D eigenvalue weighted by atomic mass is 10.0. The third-order valence-corrected chi connectivity index (χ3v) is 4.96. The second kappa shape index (κ2) is 7.03. The van der Waals surface area contributed by atoms with Crippen molar-refractivity contribution in [1.29, 1.82) is 0 Å². The Morgan fingerprint density at radius 2 is 1.83 bits per heavy atom. The van der Waals surface area contributed by atoms with E-state index in [1.54, 1.807) is 0 Å². The van der Waals surface area contributed by atoms with Crippen LogP contribution in [0.4, 0.5) is 0 Å². The fourth-order valence-electron chi connectivity index (χ4n) is 3.18. The summed E-state index contributed by atoms with van der Waals surface area (Å²) in [6.07, 6.45) is 1.89. The maximum Gasteiger partial charge on any atom is 0.175 e. The number of fused-ring (bicyclic) bond motifs is 2. The molecule has 4 rings (SSSR count). The Labute approximate surface area is 150 Å². The molecule has 0 saturated heterocycles. The summed E-state index contributed by atoms with van der Waals surface area (Å²) in [5, 5.41) is 3.65. The monoisotopic (exact) mass is 389 g/mol. The minimum atomic E-state index is 0.310. The van der Waals surface area contributed by atoms with E-state index in [0.29, 0.717) is 19.3 Å². The average Bonchev–Trinajstić information content (AvgIpc) is 2.86. The number of hydrogen-bond donors (Lipinski definition) is 1. The van der Waals surface area contributed by atoms with Crippen LogP contribution in [0.2, 0.25) is 0 Å². The standard InChI is InChI=1S/C19H20BrNO3/c20-15-10-13(11-18-19(15)24-8-3-7-22-18)12-21-16-6-9-23-17-5-2-1-4-14(16)17/h1-2,4-5,10-11,16,21H,3,6-9,12H2. The fraction of sp³-hybridized carbons (Fsp3) is 0.368. The van der Waals surface area contributed by atoms with Gasteiger partial charge in [-0.2, -0.15) is 0 Å². The summed E-state index contributed by atoms with van der Waals surface area (Å²) in [4.78, 5) is 0. The number of rotatable bonds is 3. The third kappa shape index (κ3) is 3.23. The number of nitrogens with one attached hydrogen (secondary N) is 1. The van der Waals surface area contributed by atoms with Gasteiger partial charge in [-0.1, -0.05) is 18.2 Å². The molecule has 2 aliphatic rings. The van der Waals surface area contributed by atoms with E-state index in [9.17, 15) is 0 Å². The number of halogens is 1. The van der Waals surface area contributed by atoms with Gasteiger partial charge in [0.15, 0.2) is 11.5 Å². The van der Waals surface area contributed by atoms with Gasteiger partial charge in [0.1, 0.15) is 5.75 Å². The highest BCUT2D eigenvalue weighted by molar-refractivity contribution is 9.10. The number of benzene rings is 2. The van der Waals surface area contributed by atoms with Crippen molar-refractivity contribution in [2.45, 2.75) is 25.4 Å². The zero-order valence-corrected chi connectivity index (χ0v) is 15.0. The van der Waals surface area contributed by atoms with Crippen molar-refractivity contribution in [3.8, 4) is 17.2 Å². The normalized spacial score (nSPS) is 19.1. The molecule has 2 aliphatic heterocycles. The van der Waals surface area contributed by atoms with Gasteiger partial charge in [-0.15, -0.1) is 0 Å². The Bertz CT molecular complexity index is 735. The SMILES string of the molecule is Brc1cc(CNC2CCOc3ccccc32)cc2c1OCCCO2. The Kier molecular flexibility index (Phi) is 4.63. The van der Waals surface area contributed by atoms with Crippen LogP contribution in [0.3, 0.4) is 0 Å². The van der Waals surface area contributed by atoms with Crippen LogP contribution in [0.1, 0.15) is 30.0 Å². The molecule has 0 saturated carbocycles. The molecule has 0 spiro atoms. The first kappa shape index (κ1) is 15.8. The van der Waals surface area contributed by atoms with Crippen molar-refractivity contribution in [2.75, 3.05) is 19.8 Å².